The molecule has 0 heterocycles. The Balaban J connectivity index is 1.39. The van der Waals surface area contributed by atoms with Gasteiger partial charge in [0.25, 0.3) is 11.8 Å². The van der Waals surface area contributed by atoms with Crippen LogP contribution in [0.2, 0.25) is 15.1 Å². The molecule has 1 unspecified atom stereocenters. The topological polar surface area (TPSA) is 87.3 Å². The number of rotatable bonds is 10. The van der Waals surface area contributed by atoms with Gasteiger partial charge in [0.1, 0.15) is 10.9 Å². The largest absolute Gasteiger partial charge is 0.325 e. The van der Waals surface area contributed by atoms with Crippen LogP contribution < -0.4 is 16.0 Å². The molecule has 0 fully saturated rings. The van der Waals surface area contributed by atoms with Gasteiger partial charge in [-0.25, -0.2) is 0 Å². The molecule has 0 aliphatic rings. The van der Waals surface area contributed by atoms with Crippen LogP contribution in [0.25, 0.3) is 6.08 Å². The van der Waals surface area contributed by atoms with Gasteiger partial charge in [0.05, 0.1) is 10.0 Å². The molecule has 0 aliphatic heterocycles. The molecule has 6 nitrogen and oxygen atoms in total. The number of halogens is 3. The zero-order valence-corrected chi connectivity index (χ0v) is 28.1. The van der Waals surface area contributed by atoms with Crippen molar-refractivity contribution in [1.82, 2.24) is 5.32 Å². The van der Waals surface area contributed by atoms with Crippen molar-refractivity contribution in [3.8, 4) is 0 Å². The molecule has 47 heavy (non-hydrogen) atoms. The molecule has 10 heteroatoms. The lowest BCUT2D eigenvalue weighted by Gasteiger charge is -2.18. The zero-order chi connectivity index (χ0) is 33.3. The first-order chi connectivity index (χ1) is 22.7. The maximum absolute atomic E-state index is 13.6. The molecule has 0 bridgehead atoms. The molecule has 5 aromatic rings. The number of benzene rings is 5. The summed E-state index contributed by atoms with van der Waals surface area (Å²) >= 11 is 20.2. The Labute approximate surface area is 292 Å². The van der Waals surface area contributed by atoms with Gasteiger partial charge in [-0.15, -0.1) is 11.8 Å². The molecule has 0 aromatic heterocycles. The third-order valence-electron chi connectivity index (χ3n) is 6.94. The van der Waals surface area contributed by atoms with E-state index in [4.69, 9.17) is 34.8 Å². The molecular formula is C37H28Cl3N3O3S. The minimum absolute atomic E-state index is 0.0422. The van der Waals surface area contributed by atoms with Crippen LogP contribution in [0.1, 0.15) is 32.3 Å². The summed E-state index contributed by atoms with van der Waals surface area (Å²) in [6.45, 7) is 1.89. The number of anilines is 2. The average Bonchev–Trinajstić information content (AvgIpc) is 3.08. The van der Waals surface area contributed by atoms with Crippen LogP contribution in [0.15, 0.2) is 132 Å². The predicted octanol–water partition coefficient (Wildman–Crippen LogP) is 9.84. The van der Waals surface area contributed by atoms with E-state index in [1.165, 1.54) is 17.8 Å². The Morgan fingerprint density at radius 2 is 1.38 bits per heavy atom. The first-order valence-corrected chi connectivity index (χ1v) is 16.4. The van der Waals surface area contributed by atoms with Crippen LogP contribution in [0.4, 0.5) is 11.4 Å². The van der Waals surface area contributed by atoms with Gasteiger partial charge in [0.2, 0.25) is 5.91 Å². The number of carbonyl (C=O) groups excluding carboxylic acids is 3. The molecule has 3 amide bonds. The molecule has 236 valence electrons. The number of aryl methyl sites for hydroxylation is 1. The summed E-state index contributed by atoms with van der Waals surface area (Å²) in [5, 5.41) is 9.02. The average molecular weight is 701 g/mol. The molecule has 5 aromatic carbocycles. The fourth-order valence-electron chi connectivity index (χ4n) is 4.49. The number of hydrogen-bond donors (Lipinski definition) is 3. The highest BCUT2D eigenvalue weighted by Crippen LogP contribution is 2.37. The van der Waals surface area contributed by atoms with Crippen molar-refractivity contribution in [2.75, 3.05) is 10.6 Å². The second kappa shape index (κ2) is 15.8. The van der Waals surface area contributed by atoms with Gasteiger partial charge in [0.15, 0.2) is 0 Å². The van der Waals surface area contributed by atoms with E-state index < -0.39 is 17.1 Å². The Bertz CT molecular complexity index is 1950. The SMILES string of the molecule is Cc1ccc(NC(=O)C(Sc2cccc(NC(=O)/C(=C\c3cccc(Cl)c3Cl)NC(=O)c3ccccc3)c2)c2ccccc2)cc1Cl. The third kappa shape index (κ3) is 9.05. The Kier molecular flexibility index (Phi) is 11.4. The fourth-order valence-corrected chi connectivity index (χ4v) is 6.12. The Hall–Kier alpha value is -4.53. The molecule has 0 saturated heterocycles. The first kappa shape index (κ1) is 33.8. The quantitative estimate of drug-likeness (QED) is 0.100. The van der Waals surface area contributed by atoms with E-state index in [-0.39, 0.29) is 16.6 Å². The van der Waals surface area contributed by atoms with E-state index in [0.29, 0.717) is 32.5 Å². The van der Waals surface area contributed by atoms with Crippen LogP contribution in [0.5, 0.6) is 0 Å². The Morgan fingerprint density at radius 3 is 2.11 bits per heavy atom. The maximum atomic E-state index is 13.6. The van der Waals surface area contributed by atoms with Gasteiger partial charge in [-0.05, 0) is 78.2 Å². The lowest BCUT2D eigenvalue weighted by Crippen LogP contribution is -2.30. The molecule has 0 saturated carbocycles. The zero-order valence-electron chi connectivity index (χ0n) is 25.0. The second-order valence-corrected chi connectivity index (χ2v) is 12.7. The molecule has 5 rings (SSSR count). The van der Waals surface area contributed by atoms with Crippen LogP contribution in [0.3, 0.4) is 0 Å². The van der Waals surface area contributed by atoms with Gasteiger partial charge < -0.3 is 16.0 Å². The summed E-state index contributed by atoms with van der Waals surface area (Å²) in [5.74, 6) is -1.29. The highest BCUT2D eigenvalue weighted by Gasteiger charge is 2.23. The molecule has 0 aliphatic carbocycles. The molecule has 1 atom stereocenters. The summed E-state index contributed by atoms with van der Waals surface area (Å²) < 4.78 is 0. The van der Waals surface area contributed by atoms with Crippen LogP contribution in [0, 0.1) is 6.92 Å². The van der Waals surface area contributed by atoms with E-state index >= 15 is 0 Å². The van der Waals surface area contributed by atoms with Crippen LogP contribution in [-0.2, 0) is 9.59 Å². The smallest absolute Gasteiger partial charge is 0.272 e. The van der Waals surface area contributed by atoms with E-state index in [1.54, 1.807) is 78.9 Å². The van der Waals surface area contributed by atoms with Gasteiger partial charge in [-0.3, -0.25) is 14.4 Å². The minimum Gasteiger partial charge on any atom is -0.325 e. The van der Waals surface area contributed by atoms with E-state index in [2.05, 4.69) is 16.0 Å². The van der Waals surface area contributed by atoms with Crippen LogP contribution >= 0.6 is 46.6 Å². The van der Waals surface area contributed by atoms with E-state index in [9.17, 15) is 14.4 Å². The van der Waals surface area contributed by atoms with Crippen molar-refractivity contribution in [2.24, 2.45) is 0 Å². The van der Waals surface area contributed by atoms with Crippen molar-refractivity contribution < 1.29 is 14.4 Å². The highest BCUT2D eigenvalue weighted by atomic mass is 35.5. The normalized spacial score (nSPS) is 11.8. The standard InChI is InChI=1S/C37H28Cl3N3O3S/c1-23-18-19-28(22-31(23)39)42-37(46)34(24-10-4-2-5-11-24)47-29-16-9-15-27(21-29)41-36(45)32(20-26-14-8-17-30(38)33(26)40)43-35(44)25-12-6-3-7-13-25/h2-22,34H,1H3,(H,41,45)(H,42,46)(H,43,44)/b32-20+. The summed E-state index contributed by atoms with van der Waals surface area (Å²) in [5.41, 5.74) is 3.54. The second-order valence-electron chi connectivity index (χ2n) is 10.4. The lowest BCUT2D eigenvalue weighted by molar-refractivity contribution is -0.116. The molecule has 3 N–H and O–H groups in total. The van der Waals surface area contributed by atoms with Crippen molar-refractivity contribution in [1.29, 1.82) is 0 Å². The monoisotopic (exact) mass is 699 g/mol. The molecular weight excluding hydrogens is 673 g/mol. The first-order valence-electron chi connectivity index (χ1n) is 14.4. The number of thioether (sulfide) groups is 1. The van der Waals surface area contributed by atoms with Crippen LogP contribution in [-0.4, -0.2) is 17.7 Å². The van der Waals surface area contributed by atoms with Crippen molar-refractivity contribution in [3.63, 3.8) is 0 Å². The summed E-state index contributed by atoms with van der Waals surface area (Å²) in [6, 6.07) is 35.4. The number of hydrogen-bond acceptors (Lipinski definition) is 4. The van der Waals surface area contributed by atoms with Gasteiger partial charge in [-0.2, -0.15) is 0 Å². The van der Waals surface area contributed by atoms with Crippen molar-refractivity contribution in [3.05, 3.63) is 164 Å². The molecule has 0 spiro atoms. The summed E-state index contributed by atoms with van der Waals surface area (Å²) in [4.78, 5) is 41.0. The Morgan fingerprint density at radius 1 is 0.702 bits per heavy atom. The predicted molar refractivity (Wildman–Crippen MR) is 193 cm³/mol. The number of carbonyl (C=O) groups is 3. The maximum Gasteiger partial charge on any atom is 0.272 e. The number of nitrogens with one attached hydrogen (secondary N) is 3. The molecule has 0 radical (unpaired) electrons. The minimum atomic E-state index is -0.618. The van der Waals surface area contributed by atoms with Crippen molar-refractivity contribution in [2.45, 2.75) is 17.1 Å². The summed E-state index contributed by atoms with van der Waals surface area (Å²) in [6.07, 6.45) is 1.47. The van der Waals surface area contributed by atoms with Gasteiger partial charge >= 0.3 is 0 Å². The lowest BCUT2D eigenvalue weighted by atomic mass is 10.1. The van der Waals surface area contributed by atoms with Gasteiger partial charge in [-0.1, -0.05) is 108 Å². The van der Waals surface area contributed by atoms with Gasteiger partial charge in [0, 0.05) is 26.9 Å². The summed E-state index contributed by atoms with van der Waals surface area (Å²) in [7, 11) is 0. The number of amides is 3. The van der Waals surface area contributed by atoms with E-state index in [0.717, 1.165) is 16.0 Å². The highest BCUT2D eigenvalue weighted by molar-refractivity contribution is 8.00. The third-order valence-corrected chi connectivity index (χ3v) is 9.42. The van der Waals surface area contributed by atoms with E-state index in [1.807, 2.05) is 49.4 Å². The van der Waals surface area contributed by atoms with Crippen molar-refractivity contribution >= 4 is 81.7 Å². The fraction of sp³-hybridized carbons (Fsp3) is 0.0541.